The van der Waals surface area contributed by atoms with Crippen LogP contribution in [-0.4, -0.2) is 30.5 Å². The highest BCUT2D eigenvalue weighted by Gasteiger charge is 2.32. The number of anilines is 1. The standard InChI is InChI=1S/C15H26N4O/c1-4-15(5-2,11-16)14(20)18-10-9-17-13-8-6-7-12(3)19-13/h6-8H,4-5,9-11,16H2,1-3H3,(H,17,19)(H,18,20). The fraction of sp³-hybridized carbons (Fsp3) is 0.600. The van der Waals surface area contributed by atoms with Crippen molar-refractivity contribution in [2.24, 2.45) is 11.1 Å². The van der Waals surface area contributed by atoms with Crippen molar-refractivity contribution in [2.45, 2.75) is 33.6 Å². The molecule has 0 atom stereocenters. The minimum absolute atomic E-state index is 0.0454. The predicted octanol–water partition coefficient (Wildman–Crippen LogP) is 1.68. The molecule has 1 rings (SSSR count). The Morgan fingerprint density at radius 3 is 2.55 bits per heavy atom. The van der Waals surface area contributed by atoms with Gasteiger partial charge in [0.2, 0.25) is 5.91 Å². The van der Waals surface area contributed by atoms with Gasteiger partial charge in [-0.3, -0.25) is 4.79 Å². The number of aromatic nitrogens is 1. The summed E-state index contributed by atoms with van der Waals surface area (Å²) in [6.07, 6.45) is 1.53. The highest BCUT2D eigenvalue weighted by Crippen LogP contribution is 2.24. The van der Waals surface area contributed by atoms with Gasteiger partial charge in [0.25, 0.3) is 0 Å². The van der Waals surface area contributed by atoms with Gasteiger partial charge in [0.1, 0.15) is 5.82 Å². The summed E-state index contributed by atoms with van der Waals surface area (Å²) in [6, 6.07) is 5.82. The van der Waals surface area contributed by atoms with Crippen LogP contribution < -0.4 is 16.4 Å². The molecule has 0 saturated heterocycles. The van der Waals surface area contributed by atoms with Gasteiger partial charge in [0.15, 0.2) is 0 Å². The third kappa shape index (κ3) is 4.20. The van der Waals surface area contributed by atoms with Gasteiger partial charge in [-0.05, 0) is 31.9 Å². The number of hydrogen-bond donors (Lipinski definition) is 3. The van der Waals surface area contributed by atoms with Crippen molar-refractivity contribution in [3.63, 3.8) is 0 Å². The molecule has 4 N–H and O–H groups in total. The van der Waals surface area contributed by atoms with Gasteiger partial charge in [-0.1, -0.05) is 19.9 Å². The first kappa shape index (κ1) is 16.4. The van der Waals surface area contributed by atoms with Crippen LogP contribution in [0.25, 0.3) is 0 Å². The quantitative estimate of drug-likeness (QED) is 0.632. The third-order valence-electron chi connectivity index (χ3n) is 3.83. The molecule has 0 fully saturated rings. The number of hydrogen-bond acceptors (Lipinski definition) is 4. The molecular formula is C15H26N4O. The summed E-state index contributed by atoms with van der Waals surface area (Å²) < 4.78 is 0. The molecule has 0 aliphatic rings. The molecule has 20 heavy (non-hydrogen) atoms. The van der Waals surface area contributed by atoms with Crippen molar-refractivity contribution in [3.05, 3.63) is 23.9 Å². The summed E-state index contributed by atoms with van der Waals surface area (Å²) in [4.78, 5) is 16.5. The maximum atomic E-state index is 12.2. The van der Waals surface area contributed by atoms with Gasteiger partial charge < -0.3 is 16.4 Å². The van der Waals surface area contributed by atoms with E-state index in [1.165, 1.54) is 0 Å². The summed E-state index contributed by atoms with van der Waals surface area (Å²) in [5.74, 6) is 0.874. The first-order valence-corrected chi connectivity index (χ1v) is 7.24. The minimum atomic E-state index is -0.429. The number of carbonyl (C=O) groups excluding carboxylic acids is 1. The molecule has 0 saturated carbocycles. The number of aryl methyl sites for hydroxylation is 1. The fourth-order valence-electron chi connectivity index (χ4n) is 2.15. The van der Waals surface area contributed by atoms with E-state index in [-0.39, 0.29) is 5.91 Å². The minimum Gasteiger partial charge on any atom is -0.368 e. The molecule has 0 unspecified atom stereocenters. The van der Waals surface area contributed by atoms with Crippen LogP contribution in [0.4, 0.5) is 5.82 Å². The molecule has 0 aliphatic heterocycles. The number of nitrogens with zero attached hydrogens (tertiary/aromatic N) is 1. The lowest BCUT2D eigenvalue weighted by Crippen LogP contribution is -2.46. The second-order valence-corrected chi connectivity index (χ2v) is 5.04. The van der Waals surface area contributed by atoms with Gasteiger partial charge in [-0.2, -0.15) is 0 Å². The van der Waals surface area contributed by atoms with Crippen molar-refractivity contribution >= 4 is 11.7 Å². The Morgan fingerprint density at radius 2 is 2.00 bits per heavy atom. The molecule has 0 spiro atoms. The highest BCUT2D eigenvalue weighted by molar-refractivity contribution is 5.82. The Balaban J connectivity index is 2.39. The SMILES string of the molecule is CCC(CC)(CN)C(=O)NCCNc1cccc(C)n1. The van der Waals surface area contributed by atoms with Gasteiger partial charge in [-0.25, -0.2) is 4.98 Å². The van der Waals surface area contributed by atoms with Gasteiger partial charge >= 0.3 is 0 Å². The van der Waals surface area contributed by atoms with E-state index < -0.39 is 5.41 Å². The molecule has 0 aromatic carbocycles. The van der Waals surface area contributed by atoms with Crippen LogP contribution >= 0.6 is 0 Å². The van der Waals surface area contributed by atoms with E-state index in [0.717, 1.165) is 24.4 Å². The number of nitrogens with two attached hydrogens (primary N) is 1. The molecule has 1 aromatic heterocycles. The normalized spacial score (nSPS) is 11.2. The highest BCUT2D eigenvalue weighted by atomic mass is 16.2. The Labute approximate surface area is 121 Å². The fourth-order valence-corrected chi connectivity index (χ4v) is 2.15. The molecule has 1 heterocycles. The molecule has 112 valence electrons. The topological polar surface area (TPSA) is 80.0 Å². The molecule has 0 bridgehead atoms. The molecule has 1 aromatic rings. The second kappa shape index (κ2) is 7.85. The second-order valence-electron chi connectivity index (χ2n) is 5.04. The Bertz CT molecular complexity index is 421. The molecular weight excluding hydrogens is 252 g/mol. The summed E-state index contributed by atoms with van der Waals surface area (Å²) in [6.45, 7) is 7.56. The monoisotopic (exact) mass is 278 g/mol. The molecule has 5 nitrogen and oxygen atoms in total. The number of rotatable bonds is 8. The smallest absolute Gasteiger partial charge is 0.227 e. The first-order valence-electron chi connectivity index (χ1n) is 7.24. The van der Waals surface area contributed by atoms with E-state index in [1.807, 2.05) is 39.0 Å². The Morgan fingerprint density at radius 1 is 1.30 bits per heavy atom. The number of amides is 1. The molecule has 0 radical (unpaired) electrons. The molecule has 1 amide bonds. The lowest BCUT2D eigenvalue weighted by atomic mass is 9.81. The zero-order valence-corrected chi connectivity index (χ0v) is 12.7. The zero-order chi connectivity index (χ0) is 15.0. The average molecular weight is 278 g/mol. The maximum Gasteiger partial charge on any atom is 0.227 e. The number of pyridine rings is 1. The summed E-state index contributed by atoms with van der Waals surface area (Å²) in [7, 11) is 0. The number of carbonyl (C=O) groups is 1. The van der Waals surface area contributed by atoms with Crippen LogP contribution in [0, 0.1) is 12.3 Å². The first-order chi connectivity index (χ1) is 9.57. The van der Waals surface area contributed by atoms with Crippen LogP contribution in [0.2, 0.25) is 0 Å². The largest absolute Gasteiger partial charge is 0.368 e. The van der Waals surface area contributed by atoms with Crippen LogP contribution in [-0.2, 0) is 4.79 Å². The van der Waals surface area contributed by atoms with E-state index >= 15 is 0 Å². The van der Waals surface area contributed by atoms with Gasteiger partial charge in [0, 0.05) is 25.3 Å². The van der Waals surface area contributed by atoms with Crippen molar-refractivity contribution in [2.75, 3.05) is 25.0 Å². The Hall–Kier alpha value is -1.62. The van der Waals surface area contributed by atoms with E-state index in [9.17, 15) is 4.79 Å². The number of nitrogens with one attached hydrogen (secondary N) is 2. The van der Waals surface area contributed by atoms with Gasteiger partial charge in [0.05, 0.1) is 5.41 Å². The van der Waals surface area contributed by atoms with Crippen molar-refractivity contribution < 1.29 is 4.79 Å². The van der Waals surface area contributed by atoms with Crippen LogP contribution in [0.1, 0.15) is 32.4 Å². The molecule has 5 heteroatoms. The van der Waals surface area contributed by atoms with Crippen molar-refractivity contribution in [1.29, 1.82) is 0 Å². The van der Waals surface area contributed by atoms with Crippen molar-refractivity contribution in [1.82, 2.24) is 10.3 Å². The van der Waals surface area contributed by atoms with E-state index in [2.05, 4.69) is 15.6 Å². The lowest BCUT2D eigenvalue weighted by molar-refractivity contribution is -0.130. The summed E-state index contributed by atoms with van der Waals surface area (Å²) in [5, 5.41) is 6.14. The van der Waals surface area contributed by atoms with E-state index in [1.54, 1.807) is 0 Å². The van der Waals surface area contributed by atoms with Crippen molar-refractivity contribution in [3.8, 4) is 0 Å². The summed E-state index contributed by atoms with van der Waals surface area (Å²) in [5.41, 5.74) is 6.30. The van der Waals surface area contributed by atoms with E-state index in [0.29, 0.717) is 19.6 Å². The maximum absolute atomic E-state index is 12.2. The third-order valence-corrected chi connectivity index (χ3v) is 3.83. The van der Waals surface area contributed by atoms with Crippen LogP contribution in [0.5, 0.6) is 0 Å². The molecule has 0 aliphatic carbocycles. The Kier molecular flexibility index (Phi) is 6.45. The van der Waals surface area contributed by atoms with Crippen LogP contribution in [0.3, 0.4) is 0 Å². The predicted molar refractivity (Wildman–Crippen MR) is 82.5 cm³/mol. The van der Waals surface area contributed by atoms with Crippen LogP contribution in [0.15, 0.2) is 18.2 Å². The lowest BCUT2D eigenvalue weighted by Gasteiger charge is -2.28. The summed E-state index contributed by atoms with van der Waals surface area (Å²) >= 11 is 0. The van der Waals surface area contributed by atoms with Gasteiger partial charge in [-0.15, -0.1) is 0 Å². The van der Waals surface area contributed by atoms with E-state index in [4.69, 9.17) is 5.73 Å². The average Bonchev–Trinajstić information content (AvgIpc) is 2.46. The zero-order valence-electron chi connectivity index (χ0n) is 12.7.